The Labute approximate surface area is 104 Å². The fourth-order valence-corrected chi connectivity index (χ4v) is 3.89. The highest BCUT2D eigenvalue weighted by Gasteiger charge is 2.27. The Balaban J connectivity index is 2.53. The van der Waals surface area contributed by atoms with E-state index in [0.29, 0.717) is 12.5 Å². The van der Waals surface area contributed by atoms with Crippen molar-refractivity contribution in [1.82, 2.24) is 4.31 Å². The van der Waals surface area contributed by atoms with E-state index in [9.17, 15) is 8.42 Å². The van der Waals surface area contributed by atoms with Crippen LogP contribution in [-0.2, 0) is 10.0 Å². The van der Waals surface area contributed by atoms with Gasteiger partial charge in [0.15, 0.2) is 0 Å². The summed E-state index contributed by atoms with van der Waals surface area (Å²) in [4.78, 5) is 0. The summed E-state index contributed by atoms with van der Waals surface area (Å²) >= 11 is 5.62. The van der Waals surface area contributed by atoms with Gasteiger partial charge in [-0.05, 0) is 25.7 Å². The molecule has 1 aliphatic rings. The van der Waals surface area contributed by atoms with Crippen molar-refractivity contribution < 1.29 is 8.42 Å². The van der Waals surface area contributed by atoms with Crippen LogP contribution in [0.5, 0.6) is 0 Å². The van der Waals surface area contributed by atoms with E-state index in [1.807, 2.05) is 0 Å². The predicted octanol–water partition coefficient (Wildman–Crippen LogP) is 2.46. The lowest BCUT2D eigenvalue weighted by Crippen LogP contribution is -2.38. The van der Waals surface area contributed by atoms with Gasteiger partial charge < -0.3 is 0 Å². The Bertz CT molecular complexity index is 299. The maximum absolute atomic E-state index is 12.0. The molecule has 3 nitrogen and oxygen atoms in total. The number of nitrogens with zero attached hydrogens (tertiary/aromatic N) is 1. The molecule has 0 radical (unpaired) electrons. The van der Waals surface area contributed by atoms with Crippen molar-refractivity contribution >= 4 is 21.6 Å². The molecule has 1 unspecified atom stereocenters. The quantitative estimate of drug-likeness (QED) is 0.718. The van der Waals surface area contributed by atoms with Crippen molar-refractivity contribution in [2.45, 2.75) is 44.3 Å². The lowest BCUT2D eigenvalue weighted by molar-refractivity contribution is 0.299. The zero-order chi connectivity index (χ0) is 12.2. The second-order valence-electron chi connectivity index (χ2n) is 4.79. The molecule has 16 heavy (non-hydrogen) atoms. The molecule has 0 saturated heterocycles. The smallest absolute Gasteiger partial charge is 0.212 e. The summed E-state index contributed by atoms with van der Waals surface area (Å²) in [6.45, 7) is 2.32. The second-order valence-corrected chi connectivity index (χ2v) is 7.56. The fourth-order valence-electron chi connectivity index (χ4n) is 2.22. The molecule has 0 spiro atoms. The van der Waals surface area contributed by atoms with Crippen molar-refractivity contribution in [3.8, 4) is 0 Å². The second kappa shape index (κ2) is 6.22. The van der Waals surface area contributed by atoms with E-state index >= 15 is 0 Å². The van der Waals surface area contributed by atoms with Crippen LogP contribution in [0, 0.1) is 5.92 Å². The molecule has 1 saturated carbocycles. The summed E-state index contributed by atoms with van der Waals surface area (Å²) in [5.74, 6) is 0.702. The van der Waals surface area contributed by atoms with Crippen molar-refractivity contribution in [1.29, 1.82) is 0 Å². The van der Waals surface area contributed by atoms with Crippen LogP contribution in [0.15, 0.2) is 0 Å². The topological polar surface area (TPSA) is 37.4 Å². The minimum absolute atomic E-state index is 0.164. The highest BCUT2D eigenvalue weighted by atomic mass is 35.5. The first-order valence-electron chi connectivity index (χ1n) is 5.99. The summed E-state index contributed by atoms with van der Waals surface area (Å²) in [6, 6.07) is 0. The maximum Gasteiger partial charge on any atom is 0.217 e. The lowest BCUT2D eigenvalue weighted by Gasteiger charge is -2.28. The number of hydrogen-bond donors (Lipinski definition) is 0. The first-order valence-corrected chi connectivity index (χ1v) is 8.03. The van der Waals surface area contributed by atoms with Crippen LogP contribution in [0.4, 0.5) is 0 Å². The van der Waals surface area contributed by atoms with Gasteiger partial charge in [-0.15, -0.1) is 11.6 Å². The van der Waals surface area contributed by atoms with Crippen LogP contribution < -0.4 is 0 Å². The van der Waals surface area contributed by atoms with E-state index in [0.717, 1.165) is 12.8 Å². The maximum atomic E-state index is 12.0. The van der Waals surface area contributed by atoms with Crippen LogP contribution in [-0.4, -0.2) is 37.4 Å². The molecule has 1 fully saturated rings. The number of halogens is 1. The van der Waals surface area contributed by atoms with E-state index in [2.05, 4.69) is 0 Å². The van der Waals surface area contributed by atoms with Gasteiger partial charge in [-0.2, -0.15) is 0 Å². The van der Waals surface area contributed by atoms with Gasteiger partial charge in [0.1, 0.15) is 0 Å². The van der Waals surface area contributed by atoms with E-state index in [1.165, 1.54) is 23.6 Å². The molecule has 0 aromatic carbocycles. The molecule has 0 aliphatic heterocycles. The van der Waals surface area contributed by atoms with Crippen LogP contribution in [0.25, 0.3) is 0 Å². The van der Waals surface area contributed by atoms with Crippen LogP contribution >= 0.6 is 11.6 Å². The molecular weight excluding hydrogens is 246 g/mol. The fraction of sp³-hybridized carbons (Fsp3) is 1.00. The summed E-state index contributed by atoms with van der Waals surface area (Å²) in [7, 11) is -1.51. The molecule has 1 aliphatic carbocycles. The SMILES string of the molecule is CC(CCl)S(=O)(=O)N(C)CC1CCCCC1. The normalized spacial score (nSPS) is 21.2. The van der Waals surface area contributed by atoms with E-state index in [1.54, 1.807) is 14.0 Å². The number of rotatable bonds is 5. The molecule has 0 amide bonds. The standard InChI is InChI=1S/C11H22ClNO2S/c1-10(8-12)16(14,15)13(2)9-11-6-4-3-5-7-11/h10-11H,3-9H2,1-2H3. The van der Waals surface area contributed by atoms with Gasteiger partial charge in [0.05, 0.1) is 5.25 Å². The van der Waals surface area contributed by atoms with E-state index in [-0.39, 0.29) is 5.88 Å². The van der Waals surface area contributed by atoms with Crippen molar-refractivity contribution in [2.75, 3.05) is 19.5 Å². The van der Waals surface area contributed by atoms with E-state index < -0.39 is 15.3 Å². The monoisotopic (exact) mass is 267 g/mol. The van der Waals surface area contributed by atoms with Crippen LogP contribution in [0.1, 0.15) is 39.0 Å². The van der Waals surface area contributed by atoms with Crippen LogP contribution in [0.3, 0.4) is 0 Å². The molecule has 0 N–H and O–H groups in total. The molecule has 0 bridgehead atoms. The molecule has 1 rings (SSSR count). The number of hydrogen-bond acceptors (Lipinski definition) is 2. The van der Waals surface area contributed by atoms with Gasteiger partial charge in [-0.1, -0.05) is 19.3 Å². The lowest BCUT2D eigenvalue weighted by atomic mass is 9.89. The third-order valence-corrected chi connectivity index (χ3v) is 6.25. The average Bonchev–Trinajstić information content (AvgIpc) is 2.29. The zero-order valence-electron chi connectivity index (χ0n) is 10.2. The van der Waals surface area contributed by atoms with Crippen LogP contribution in [0.2, 0.25) is 0 Å². The van der Waals surface area contributed by atoms with Gasteiger partial charge >= 0.3 is 0 Å². The largest absolute Gasteiger partial charge is 0.217 e. The minimum Gasteiger partial charge on any atom is -0.212 e. The number of sulfonamides is 1. The third-order valence-electron chi connectivity index (χ3n) is 3.40. The summed E-state index contributed by atoms with van der Waals surface area (Å²) in [5.41, 5.74) is 0. The van der Waals surface area contributed by atoms with Gasteiger partial charge in [0, 0.05) is 19.5 Å². The summed E-state index contributed by atoms with van der Waals surface area (Å²) in [6.07, 6.45) is 6.10. The first kappa shape index (κ1) is 14.3. The molecule has 1 atom stereocenters. The average molecular weight is 268 g/mol. The zero-order valence-corrected chi connectivity index (χ0v) is 11.7. The Morgan fingerprint density at radius 2 is 1.88 bits per heavy atom. The minimum atomic E-state index is -3.19. The third kappa shape index (κ3) is 3.60. The highest BCUT2D eigenvalue weighted by molar-refractivity contribution is 7.89. The van der Waals surface area contributed by atoms with E-state index in [4.69, 9.17) is 11.6 Å². The molecule has 0 aromatic rings. The van der Waals surface area contributed by atoms with Gasteiger partial charge in [0.25, 0.3) is 0 Å². The van der Waals surface area contributed by atoms with Crippen molar-refractivity contribution in [2.24, 2.45) is 5.92 Å². The molecule has 96 valence electrons. The Morgan fingerprint density at radius 1 is 1.31 bits per heavy atom. The highest BCUT2D eigenvalue weighted by Crippen LogP contribution is 2.25. The summed E-state index contributed by atoms with van der Waals surface area (Å²) < 4.78 is 25.4. The van der Waals surface area contributed by atoms with Gasteiger partial charge in [0.2, 0.25) is 10.0 Å². The van der Waals surface area contributed by atoms with Gasteiger partial charge in [-0.25, -0.2) is 12.7 Å². The summed E-state index contributed by atoms with van der Waals surface area (Å²) in [5, 5.41) is -0.484. The molecule has 0 heterocycles. The Kier molecular flexibility index (Phi) is 5.54. The van der Waals surface area contributed by atoms with Crippen molar-refractivity contribution in [3.63, 3.8) is 0 Å². The number of alkyl halides is 1. The molecule has 5 heteroatoms. The molecule has 0 aromatic heterocycles. The van der Waals surface area contributed by atoms with Gasteiger partial charge in [-0.3, -0.25) is 0 Å². The Hall–Kier alpha value is 0.200. The predicted molar refractivity (Wildman–Crippen MR) is 68.3 cm³/mol. The first-order chi connectivity index (χ1) is 7.48. The Morgan fingerprint density at radius 3 is 2.38 bits per heavy atom. The molecular formula is C11H22ClNO2S. The van der Waals surface area contributed by atoms with Crippen molar-refractivity contribution in [3.05, 3.63) is 0 Å².